The molecule has 2 saturated heterocycles. The van der Waals surface area contributed by atoms with Crippen LogP contribution in [0, 0.1) is 11.8 Å². The first-order chi connectivity index (χ1) is 20.6. The van der Waals surface area contributed by atoms with Crippen molar-refractivity contribution in [1.29, 1.82) is 0 Å². The van der Waals surface area contributed by atoms with Crippen LogP contribution < -0.4 is 19.6 Å². The standard InChI is InChI=1S/C34H55N3O4S/c1-3-4-5-6-10-13-18-36-22-31(26(2)35-36)37(34(38)23-39-29-16-17-32-33(20-29)41-25-40-32)21-30-19-28(24-42-30)27-14-11-8-7-9-12-15-27/h16-17,20,26-28,30-31,35H,3-15,18-19,21-25H2,1-2H3. The maximum absolute atomic E-state index is 13.9. The van der Waals surface area contributed by atoms with E-state index < -0.39 is 0 Å². The van der Waals surface area contributed by atoms with E-state index in [4.69, 9.17) is 14.2 Å². The normalized spacial score (nSPS) is 26.7. The summed E-state index contributed by atoms with van der Waals surface area (Å²) in [6.45, 7) is 7.53. The van der Waals surface area contributed by atoms with Crippen LogP contribution >= 0.6 is 11.8 Å². The second-order valence-electron chi connectivity index (χ2n) is 13.1. The Morgan fingerprint density at radius 2 is 1.79 bits per heavy atom. The minimum Gasteiger partial charge on any atom is -0.484 e. The molecule has 3 aliphatic heterocycles. The van der Waals surface area contributed by atoms with Crippen LogP contribution in [-0.4, -0.2) is 71.9 Å². The number of nitrogens with one attached hydrogen (secondary N) is 1. The number of hydrazine groups is 1. The van der Waals surface area contributed by atoms with Crippen LogP contribution in [0.1, 0.15) is 104 Å². The molecule has 1 N–H and O–H groups in total. The maximum Gasteiger partial charge on any atom is 0.260 e. The van der Waals surface area contributed by atoms with Crippen LogP contribution in [0.4, 0.5) is 0 Å². The van der Waals surface area contributed by atoms with E-state index in [0.717, 1.165) is 37.2 Å². The quantitative estimate of drug-likeness (QED) is 0.230. The third kappa shape index (κ3) is 8.95. The van der Waals surface area contributed by atoms with Gasteiger partial charge in [0.05, 0.1) is 6.04 Å². The Kier molecular flexibility index (Phi) is 12.4. The maximum atomic E-state index is 13.9. The molecule has 1 aliphatic carbocycles. The number of ether oxygens (including phenoxy) is 3. The number of carbonyl (C=O) groups excluding carboxylic acids is 1. The number of hydrogen-bond donors (Lipinski definition) is 1. The molecule has 0 aromatic heterocycles. The summed E-state index contributed by atoms with van der Waals surface area (Å²) in [7, 11) is 0. The van der Waals surface area contributed by atoms with Gasteiger partial charge in [-0.3, -0.25) is 10.2 Å². The molecule has 236 valence electrons. The molecule has 1 aromatic carbocycles. The Hall–Kier alpha value is -1.64. The first-order valence-corrected chi connectivity index (χ1v) is 18.1. The molecule has 8 heteroatoms. The third-order valence-electron chi connectivity index (χ3n) is 9.91. The van der Waals surface area contributed by atoms with E-state index in [0.29, 0.717) is 16.7 Å². The van der Waals surface area contributed by atoms with Crippen molar-refractivity contribution >= 4 is 17.7 Å². The number of unbranched alkanes of at least 4 members (excludes halogenated alkanes) is 5. The average Bonchev–Trinajstić information content (AvgIpc) is 3.72. The molecule has 7 nitrogen and oxygen atoms in total. The molecule has 1 amide bonds. The zero-order chi connectivity index (χ0) is 29.1. The van der Waals surface area contributed by atoms with E-state index >= 15 is 0 Å². The summed E-state index contributed by atoms with van der Waals surface area (Å²) >= 11 is 2.11. The summed E-state index contributed by atoms with van der Waals surface area (Å²) in [6, 6.07) is 5.92. The van der Waals surface area contributed by atoms with Crippen molar-refractivity contribution in [3.63, 3.8) is 0 Å². The van der Waals surface area contributed by atoms with Gasteiger partial charge in [0, 0.05) is 37.0 Å². The molecule has 1 aromatic rings. The third-order valence-corrected chi connectivity index (χ3v) is 11.3. The SMILES string of the molecule is CCCCCCCCN1CC(N(CC2CC(C3CCCCCCC3)CS2)C(=O)COc2ccc3c(c2)OCO3)C(C)N1. The number of amides is 1. The van der Waals surface area contributed by atoms with Gasteiger partial charge in [0.15, 0.2) is 18.1 Å². The van der Waals surface area contributed by atoms with Crippen LogP contribution in [-0.2, 0) is 4.79 Å². The van der Waals surface area contributed by atoms with Crippen molar-refractivity contribution < 1.29 is 19.0 Å². The molecular weight excluding hydrogens is 546 g/mol. The van der Waals surface area contributed by atoms with E-state index in [-0.39, 0.29) is 31.4 Å². The van der Waals surface area contributed by atoms with Crippen LogP contribution in [0.5, 0.6) is 17.2 Å². The molecule has 4 aliphatic rings. The van der Waals surface area contributed by atoms with E-state index in [1.165, 1.54) is 95.6 Å². The van der Waals surface area contributed by atoms with Gasteiger partial charge < -0.3 is 19.1 Å². The Labute approximate surface area is 258 Å². The molecule has 0 radical (unpaired) electrons. The van der Waals surface area contributed by atoms with Crippen LogP contribution in [0.2, 0.25) is 0 Å². The Bertz CT molecular complexity index is 972. The van der Waals surface area contributed by atoms with Gasteiger partial charge in [-0.15, -0.1) is 0 Å². The Morgan fingerprint density at radius 3 is 2.62 bits per heavy atom. The number of hydrogen-bond acceptors (Lipinski definition) is 7. The minimum absolute atomic E-state index is 0.0454. The second kappa shape index (κ2) is 16.4. The van der Waals surface area contributed by atoms with E-state index in [9.17, 15) is 4.79 Å². The monoisotopic (exact) mass is 601 g/mol. The molecule has 4 atom stereocenters. The van der Waals surface area contributed by atoms with Crippen LogP contribution in [0.25, 0.3) is 0 Å². The first kappa shape index (κ1) is 31.8. The van der Waals surface area contributed by atoms with Crippen molar-refractivity contribution in [1.82, 2.24) is 15.3 Å². The molecule has 42 heavy (non-hydrogen) atoms. The van der Waals surface area contributed by atoms with Crippen LogP contribution in [0.15, 0.2) is 18.2 Å². The highest BCUT2D eigenvalue weighted by molar-refractivity contribution is 8.00. The van der Waals surface area contributed by atoms with Crippen molar-refractivity contribution in [3.8, 4) is 17.2 Å². The summed E-state index contributed by atoms with van der Waals surface area (Å²) < 4.78 is 17.0. The number of benzene rings is 1. The predicted molar refractivity (Wildman–Crippen MR) is 171 cm³/mol. The number of nitrogens with zero attached hydrogens (tertiary/aromatic N) is 2. The van der Waals surface area contributed by atoms with E-state index in [1.54, 1.807) is 0 Å². The zero-order valence-corrected chi connectivity index (χ0v) is 27.0. The number of carbonyl (C=O) groups is 1. The number of fused-ring (bicyclic) bond motifs is 1. The summed E-state index contributed by atoms with van der Waals surface area (Å²) in [5, 5.41) is 2.88. The molecule has 1 saturated carbocycles. The fourth-order valence-electron chi connectivity index (χ4n) is 7.40. The van der Waals surface area contributed by atoms with Crippen molar-refractivity contribution in [3.05, 3.63) is 18.2 Å². The molecular formula is C34H55N3O4S. The smallest absolute Gasteiger partial charge is 0.260 e. The fourth-order valence-corrected chi connectivity index (χ4v) is 8.98. The van der Waals surface area contributed by atoms with Crippen molar-refractivity contribution in [2.45, 2.75) is 121 Å². The molecule has 3 heterocycles. The summed E-state index contributed by atoms with van der Waals surface area (Å²) in [6.07, 6.45) is 18.9. The van der Waals surface area contributed by atoms with Gasteiger partial charge >= 0.3 is 0 Å². The zero-order valence-electron chi connectivity index (χ0n) is 26.2. The average molecular weight is 602 g/mol. The Morgan fingerprint density at radius 1 is 1.02 bits per heavy atom. The lowest BCUT2D eigenvalue weighted by Crippen LogP contribution is -2.51. The number of thioether (sulfide) groups is 1. The van der Waals surface area contributed by atoms with Gasteiger partial charge in [-0.05, 0) is 49.5 Å². The fraction of sp³-hybridized carbons (Fsp3) is 0.794. The van der Waals surface area contributed by atoms with Gasteiger partial charge in [-0.2, -0.15) is 11.8 Å². The summed E-state index contributed by atoms with van der Waals surface area (Å²) in [5.41, 5.74) is 3.70. The topological polar surface area (TPSA) is 63.3 Å². The summed E-state index contributed by atoms with van der Waals surface area (Å²) in [4.78, 5) is 16.1. The van der Waals surface area contributed by atoms with Gasteiger partial charge in [0.25, 0.3) is 5.91 Å². The molecule has 4 unspecified atom stereocenters. The molecule has 3 fully saturated rings. The first-order valence-electron chi connectivity index (χ1n) is 17.1. The lowest BCUT2D eigenvalue weighted by molar-refractivity contribution is -0.135. The second-order valence-corrected chi connectivity index (χ2v) is 14.4. The minimum atomic E-state index is 0.0454. The molecule has 0 spiro atoms. The highest BCUT2D eigenvalue weighted by atomic mass is 32.2. The highest BCUT2D eigenvalue weighted by Gasteiger charge is 2.39. The number of rotatable bonds is 14. The Balaban J connectivity index is 1.19. The van der Waals surface area contributed by atoms with E-state index in [2.05, 4.69) is 40.9 Å². The lowest BCUT2D eigenvalue weighted by atomic mass is 9.81. The van der Waals surface area contributed by atoms with Crippen molar-refractivity contribution in [2.24, 2.45) is 11.8 Å². The molecule has 0 bridgehead atoms. The van der Waals surface area contributed by atoms with Gasteiger partial charge in [-0.25, -0.2) is 5.01 Å². The van der Waals surface area contributed by atoms with Gasteiger partial charge in [0.2, 0.25) is 6.79 Å². The molecule has 5 rings (SSSR count). The van der Waals surface area contributed by atoms with Crippen LogP contribution in [0.3, 0.4) is 0 Å². The lowest BCUT2D eigenvalue weighted by Gasteiger charge is -2.33. The van der Waals surface area contributed by atoms with Gasteiger partial charge in [-0.1, -0.05) is 84.0 Å². The highest BCUT2D eigenvalue weighted by Crippen LogP contribution is 2.41. The van der Waals surface area contributed by atoms with Crippen molar-refractivity contribution in [2.75, 3.05) is 38.8 Å². The van der Waals surface area contributed by atoms with E-state index in [1.807, 2.05) is 18.2 Å². The largest absolute Gasteiger partial charge is 0.484 e. The predicted octanol–water partition coefficient (Wildman–Crippen LogP) is 7.04. The summed E-state index contributed by atoms with van der Waals surface area (Å²) in [5.74, 6) is 5.08. The van der Waals surface area contributed by atoms with Gasteiger partial charge in [0.1, 0.15) is 5.75 Å².